The zero-order valence-electron chi connectivity index (χ0n) is 13.0. The van der Waals surface area contributed by atoms with Gasteiger partial charge in [-0.05, 0) is 36.8 Å². The van der Waals surface area contributed by atoms with Crippen LogP contribution in [0.2, 0.25) is 0 Å². The Balaban J connectivity index is 4.04. The van der Waals surface area contributed by atoms with Crippen molar-refractivity contribution in [1.82, 2.24) is 0 Å². The Morgan fingerprint density at radius 2 is 1.67 bits per heavy atom. The van der Waals surface area contributed by atoms with Crippen LogP contribution >= 0.6 is 0 Å². The van der Waals surface area contributed by atoms with Crippen LogP contribution in [0.4, 0.5) is 0 Å². The molecule has 0 bridgehead atoms. The van der Waals surface area contributed by atoms with E-state index in [-0.39, 0.29) is 11.7 Å². The van der Waals surface area contributed by atoms with Gasteiger partial charge in [0.2, 0.25) is 0 Å². The maximum atomic E-state index is 11.5. The highest BCUT2D eigenvalue weighted by molar-refractivity contribution is 5.92. The molecule has 1 nitrogen and oxygen atoms in total. The fourth-order valence-corrected chi connectivity index (χ4v) is 1.66. The van der Waals surface area contributed by atoms with E-state index in [0.717, 1.165) is 23.8 Å². The van der Waals surface area contributed by atoms with E-state index < -0.39 is 0 Å². The van der Waals surface area contributed by atoms with Gasteiger partial charge in [-0.25, -0.2) is 0 Å². The minimum absolute atomic E-state index is 0.0957. The maximum Gasteiger partial charge on any atom is 0.158 e. The van der Waals surface area contributed by atoms with Gasteiger partial charge in [0.1, 0.15) is 0 Å². The standard InChI is InChI=1S/C17H30O/c1-13(2)10-11-15(5)8-7-9-16(6)12-17(18)14(3)4/h7,9,12-15H,8,10-11H2,1-6H3/b9-7+,16-12+. The highest BCUT2D eigenvalue weighted by Crippen LogP contribution is 2.15. The number of ketones is 1. The lowest BCUT2D eigenvalue weighted by atomic mass is 9.96. The van der Waals surface area contributed by atoms with Gasteiger partial charge < -0.3 is 0 Å². The van der Waals surface area contributed by atoms with Crippen LogP contribution in [0, 0.1) is 17.8 Å². The van der Waals surface area contributed by atoms with Crippen molar-refractivity contribution < 1.29 is 4.79 Å². The number of rotatable bonds is 8. The minimum atomic E-state index is 0.0957. The van der Waals surface area contributed by atoms with Crippen LogP contribution < -0.4 is 0 Å². The van der Waals surface area contributed by atoms with Crippen LogP contribution in [0.1, 0.15) is 60.8 Å². The van der Waals surface area contributed by atoms with E-state index in [0.29, 0.717) is 0 Å². The molecule has 1 unspecified atom stereocenters. The van der Waals surface area contributed by atoms with Crippen LogP contribution in [0.15, 0.2) is 23.8 Å². The zero-order chi connectivity index (χ0) is 14.1. The van der Waals surface area contributed by atoms with E-state index >= 15 is 0 Å². The second-order valence-corrected chi connectivity index (χ2v) is 6.16. The molecule has 0 aliphatic heterocycles. The van der Waals surface area contributed by atoms with Crippen LogP contribution in [-0.4, -0.2) is 5.78 Å². The van der Waals surface area contributed by atoms with Crippen molar-refractivity contribution in [3.8, 4) is 0 Å². The van der Waals surface area contributed by atoms with Crippen molar-refractivity contribution in [3.63, 3.8) is 0 Å². The Morgan fingerprint density at radius 1 is 1.06 bits per heavy atom. The smallest absolute Gasteiger partial charge is 0.158 e. The number of allylic oxidation sites excluding steroid dienone is 4. The summed E-state index contributed by atoms with van der Waals surface area (Å²) in [6.07, 6.45) is 9.72. The number of carbonyl (C=O) groups excluding carboxylic acids is 1. The van der Waals surface area contributed by atoms with Gasteiger partial charge in [0.15, 0.2) is 5.78 Å². The quantitative estimate of drug-likeness (QED) is 0.428. The van der Waals surface area contributed by atoms with Crippen LogP contribution in [0.3, 0.4) is 0 Å². The summed E-state index contributed by atoms with van der Waals surface area (Å²) in [5, 5.41) is 0. The van der Waals surface area contributed by atoms with Crippen molar-refractivity contribution in [2.75, 3.05) is 0 Å². The molecule has 0 saturated heterocycles. The van der Waals surface area contributed by atoms with E-state index in [2.05, 4.69) is 32.9 Å². The summed E-state index contributed by atoms with van der Waals surface area (Å²) in [6.45, 7) is 12.7. The Bertz CT molecular complexity index is 295. The van der Waals surface area contributed by atoms with Gasteiger partial charge in [0.25, 0.3) is 0 Å². The maximum absolute atomic E-state index is 11.5. The summed E-state index contributed by atoms with van der Waals surface area (Å²) in [5.74, 6) is 1.84. The van der Waals surface area contributed by atoms with Crippen molar-refractivity contribution >= 4 is 5.78 Å². The predicted molar refractivity (Wildman–Crippen MR) is 80.6 cm³/mol. The second-order valence-electron chi connectivity index (χ2n) is 6.16. The fraction of sp³-hybridized carbons (Fsp3) is 0.706. The van der Waals surface area contributed by atoms with E-state index in [4.69, 9.17) is 0 Å². The predicted octanol–water partition coefficient (Wildman–Crippen LogP) is 5.18. The summed E-state index contributed by atoms with van der Waals surface area (Å²) >= 11 is 0. The van der Waals surface area contributed by atoms with Gasteiger partial charge >= 0.3 is 0 Å². The van der Waals surface area contributed by atoms with Gasteiger partial charge in [-0.3, -0.25) is 4.79 Å². The molecule has 0 N–H and O–H groups in total. The van der Waals surface area contributed by atoms with Gasteiger partial charge in [0, 0.05) is 5.92 Å². The summed E-state index contributed by atoms with van der Waals surface area (Å²) in [4.78, 5) is 11.5. The summed E-state index contributed by atoms with van der Waals surface area (Å²) < 4.78 is 0. The molecule has 0 amide bonds. The second kappa shape index (κ2) is 9.13. The van der Waals surface area contributed by atoms with E-state index in [1.54, 1.807) is 6.08 Å². The van der Waals surface area contributed by atoms with Gasteiger partial charge in [-0.1, -0.05) is 59.6 Å². The molecule has 0 saturated carbocycles. The molecule has 0 heterocycles. The molecule has 0 aliphatic carbocycles. The molecule has 0 rings (SSSR count). The molecular weight excluding hydrogens is 220 g/mol. The largest absolute Gasteiger partial charge is 0.295 e. The molecular formula is C17H30O. The molecule has 0 spiro atoms. The SMILES string of the molecule is CC(/C=C/CC(C)CCC(C)C)=C\C(=O)C(C)C. The Morgan fingerprint density at radius 3 is 2.17 bits per heavy atom. The number of carbonyl (C=O) groups is 1. The third-order valence-corrected chi connectivity index (χ3v) is 3.09. The highest BCUT2D eigenvalue weighted by atomic mass is 16.1. The molecule has 0 aromatic heterocycles. The number of hydrogen-bond donors (Lipinski definition) is 0. The molecule has 0 aromatic rings. The minimum Gasteiger partial charge on any atom is -0.295 e. The molecule has 1 heteroatoms. The summed E-state index contributed by atoms with van der Waals surface area (Å²) in [5.41, 5.74) is 1.06. The molecule has 0 radical (unpaired) electrons. The number of hydrogen-bond acceptors (Lipinski definition) is 1. The fourth-order valence-electron chi connectivity index (χ4n) is 1.66. The third kappa shape index (κ3) is 9.21. The van der Waals surface area contributed by atoms with E-state index in [9.17, 15) is 4.79 Å². The average molecular weight is 250 g/mol. The molecule has 0 aromatic carbocycles. The van der Waals surface area contributed by atoms with Gasteiger partial charge in [-0.2, -0.15) is 0 Å². The lowest BCUT2D eigenvalue weighted by Crippen LogP contribution is -2.02. The molecule has 0 aliphatic rings. The van der Waals surface area contributed by atoms with Crippen LogP contribution in [-0.2, 0) is 4.79 Å². The molecule has 0 fully saturated rings. The summed E-state index contributed by atoms with van der Waals surface area (Å²) in [6, 6.07) is 0. The van der Waals surface area contributed by atoms with E-state index in [1.807, 2.05) is 20.8 Å². The normalized spacial score (nSPS) is 14.8. The average Bonchev–Trinajstić information content (AvgIpc) is 2.26. The zero-order valence-corrected chi connectivity index (χ0v) is 13.0. The topological polar surface area (TPSA) is 17.1 Å². The Hall–Kier alpha value is -0.850. The van der Waals surface area contributed by atoms with Crippen molar-refractivity contribution in [3.05, 3.63) is 23.8 Å². The Labute approximate surface area is 113 Å². The first kappa shape index (κ1) is 17.2. The first-order valence-electron chi connectivity index (χ1n) is 7.21. The van der Waals surface area contributed by atoms with Crippen LogP contribution in [0.25, 0.3) is 0 Å². The third-order valence-electron chi connectivity index (χ3n) is 3.09. The lowest BCUT2D eigenvalue weighted by molar-refractivity contribution is -0.117. The van der Waals surface area contributed by atoms with Crippen molar-refractivity contribution in [2.45, 2.75) is 60.8 Å². The van der Waals surface area contributed by atoms with E-state index in [1.165, 1.54) is 12.8 Å². The Kier molecular flexibility index (Phi) is 8.70. The van der Waals surface area contributed by atoms with Crippen molar-refractivity contribution in [1.29, 1.82) is 0 Å². The lowest BCUT2D eigenvalue weighted by Gasteiger charge is -2.10. The highest BCUT2D eigenvalue weighted by Gasteiger charge is 2.03. The first-order valence-corrected chi connectivity index (χ1v) is 7.21. The molecule has 1 atom stereocenters. The molecule has 18 heavy (non-hydrogen) atoms. The van der Waals surface area contributed by atoms with Gasteiger partial charge in [0.05, 0.1) is 0 Å². The summed E-state index contributed by atoms with van der Waals surface area (Å²) in [7, 11) is 0. The monoisotopic (exact) mass is 250 g/mol. The van der Waals surface area contributed by atoms with Crippen LogP contribution in [0.5, 0.6) is 0 Å². The van der Waals surface area contributed by atoms with Crippen molar-refractivity contribution in [2.24, 2.45) is 17.8 Å². The molecule has 104 valence electrons. The van der Waals surface area contributed by atoms with Gasteiger partial charge in [-0.15, -0.1) is 0 Å². The first-order chi connectivity index (χ1) is 8.32.